The number of rotatable bonds is 6. The Morgan fingerprint density at radius 3 is 2.56 bits per heavy atom. The maximum atomic E-state index is 13.0. The van der Waals surface area contributed by atoms with Gasteiger partial charge in [0.05, 0.1) is 23.7 Å². The molecule has 1 aliphatic rings. The van der Waals surface area contributed by atoms with Gasteiger partial charge in [-0.3, -0.25) is 24.6 Å². The van der Waals surface area contributed by atoms with Crippen molar-refractivity contribution in [1.29, 1.82) is 5.26 Å². The van der Waals surface area contributed by atoms with E-state index in [-0.39, 0.29) is 40.6 Å². The smallest absolute Gasteiger partial charge is 0.273 e. The van der Waals surface area contributed by atoms with E-state index < -0.39 is 16.7 Å². The van der Waals surface area contributed by atoms with Crippen LogP contribution in [-0.4, -0.2) is 35.3 Å². The van der Waals surface area contributed by atoms with Crippen LogP contribution in [0.2, 0.25) is 0 Å². The first kappa shape index (κ1) is 22.5. The summed E-state index contributed by atoms with van der Waals surface area (Å²) in [5, 5.41) is 20.4. The number of non-ortho nitro benzene ring substituents is 1. The highest BCUT2D eigenvalue weighted by atomic mass is 16.6. The van der Waals surface area contributed by atoms with E-state index in [2.05, 4.69) is 0 Å². The molecule has 3 rings (SSSR count). The average Bonchev–Trinajstić information content (AvgIpc) is 3.22. The Hall–Kier alpha value is -4.19. The standard InChI is InChI=1S/C23H21N3O6/c1-13(2)12-25-22(27)18(14(3)19(11-24)23(25)28)10-16-6-8-20(32-16)17-7-5-15(26(29)30)9-21(17)31-4/h5-10,13H,12H2,1-4H3/b18-10+. The second-order valence-electron chi connectivity index (χ2n) is 7.63. The third-order valence-corrected chi connectivity index (χ3v) is 4.95. The summed E-state index contributed by atoms with van der Waals surface area (Å²) in [6, 6.07) is 9.31. The number of imide groups is 1. The van der Waals surface area contributed by atoms with E-state index in [0.717, 1.165) is 4.90 Å². The van der Waals surface area contributed by atoms with Crippen LogP contribution in [0.4, 0.5) is 5.69 Å². The van der Waals surface area contributed by atoms with Crippen molar-refractivity contribution >= 4 is 23.6 Å². The monoisotopic (exact) mass is 435 g/mol. The number of carbonyl (C=O) groups excluding carboxylic acids is 2. The lowest BCUT2D eigenvalue weighted by Gasteiger charge is -2.28. The molecule has 0 saturated heterocycles. The lowest BCUT2D eigenvalue weighted by atomic mass is 9.94. The van der Waals surface area contributed by atoms with E-state index >= 15 is 0 Å². The predicted octanol–water partition coefficient (Wildman–Crippen LogP) is 4.11. The molecule has 164 valence electrons. The molecule has 1 aromatic heterocycles. The van der Waals surface area contributed by atoms with Gasteiger partial charge in [-0.05, 0) is 42.7 Å². The molecule has 0 bridgehead atoms. The minimum atomic E-state index is -0.600. The van der Waals surface area contributed by atoms with Gasteiger partial charge in [-0.15, -0.1) is 0 Å². The Morgan fingerprint density at radius 1 is 1.25 bits per heavy atom. The average molecular weight is 435 g/mol. The number of nitriles is 1. The lowest BCUT2D eigenvalue weighted by molar-refractivity contribution is -0.384. The van der Waals surface area contributed by atoms with E-state index in [9.17, 15) is 25.0 Å². The van der Waals surface area contributed by atoms with Gasteiger partial charge in [0.15, 0.2) is 0 Å². The van der Waals surface area contributed by atoms with Gasteiger partial charge in [-0.1, -0.05) is 13.8 Å². The molecule has 9 nitrogen and oxygen atoms in total. The van der Waals surface area contributed by atoms with Crippen molar-refractivity contribution in [2.24, 2.45) is 5.92 Å². The zero-order valence-corrected chi connectivity index (χ0v) is 18.0. The van der Waals surface area contributed by atoms with Crippen molar-refractivity contribution in [2.45, 2.75) is 20.8 Å². The Balaban J connectivity index is 2.04. The summed E-state index contributed by atoms with van der Waals surface area (Å²) in [6.07, 6.45) is 1.48. The fourth-order valence-corrected chi connectivity index (χ4v) is 3.38. The summed E-state index contributed by atoms with van der Waals surface area (Å²) < 4.78 is 11.1. The number of methoxy groups -OCH3 is 1. The first-order valence-electron chi connectivity index (χ1n) is 9.79. The Kier molecular flexibility index (Phi) is 6.25. The van der Waals surface area contributed by atoms with Crippen LogP contribution < -0.4 is 4.74 Å². The number of ether oxygens (including phenoxy) is 1. The molecule has 0 saturated carbocycles. The second kappa shape index (κ2) is 8.89. The fraction of sp³-hybridized carbons (Fsp3) is 0.261. The van der Waals surface area contributed by atoms with Gasteiger partial charge in [0.2, 0.25) is 0 Å². The lowest BCUT2D eigenvalue weighted by Crippen LogP contribution is -2.44. The van der Waals surface area contributed by atoms with Crippen molar-refractivity contribution in [2.75, 3.05) is 13.7 Å². The first-order valence-corrected chi connectivity index (χ1v) is 9.79. The van der Waals surface area contributed by atoms with E-state index in [1.165, 1.54) is 31.4 Å². The first-order chi connectivity index (χ1) is 15.2. The third kappa shape index (κ3) is 4.16. The topological polar surface area (TPSA) is 127 Å². The maximum absolute atomic E-state index is 13.0. The highest BCUT2D eigenvalue weighted by Gasteiger charge is 2.35. The van der Waals surface area contributed by atoms with Crippen LogP contribution in [0.25, 0.3) is 17.4 Å². The molecule has 0 fully saturated rings. The number of hydrogen-bond acceptors (Lipinski definition) is 7. The molecule has 0 spiro atoms. The van der Waals surface area contributed by atoms with Gasteiger partial charge >= 0.3 is 0 Å². The van der Waals surface area contributed by atoms with E-state index in [4.69, 9.17) is 9.15 Å². The minimum absolute atomic E-state index is 0.0346. The quantitative estimate of drug-likeness (QED) is 0.289. The number of furan rings is 1. The second-order valence-corrected chi connectivity index (χ2v) is 7.63. The summed E-state index contributed by atoms with van der Waals surface area (Å²) in [6.45, 7) is 5.49. The molecule has 2 amide bonds. The number of nitrogens with zero attached hydrogens (tertiary/aromatic N) is 3. The number of amides is 2. The SMILES string of the molecule is COc1cc([N+](=O)[O-])ccc1-c1ccc(/C=C2/C(=O)N(CC(C)C)C(=O)C(C#N)=C2C)o1. The van der Waals surface area contributed by atoms with Crippen molar-refractivity contribution in [3.05, 3.63) is 62.9 Å². The maximum Gasteiger partial charge on any atom is 0.273 e. The molecule has 1 aromatic carbocycles. The molecule has 32 heavy (non-hydrogen) atoms. The molecule has 1 aliphatic heterocycles. The summed E-state index contributed by atoms with van der Waals surface area (Å²) >= 11 is 0. The van der Waals surface area contributed by atoms with Crippen molar-refractivity contribution < 1.29 is 23.7 Å². The molecule has 0 aliphatic carbocycles. The predicted molar refractivity (Wildman–Crippen MR) is 115 cm³/mol. The van der Waals surface area contributed by atoms with Gasteiger partial charge in [0, 0.05) is 18.2 Å². The third-order valence-electron chi connectivity index (χ3n) is 4.95. The summed E-state index contributed by atoms with van der Waals surface area (Å²) in [4.78, 5) is 37.1. The number of hydrogen-bond donors (Lipinski definition) is 0. The van der Waals surface area contributed by atoms with E-state index in [0.29, 0.717) is 17.1 Å². The zero-order valence-electron chi connectivity index (χ0n) is 18.0. The van der Waals surface area contributed by atoms with Gasteiger partial charge in [0.1, 0.15) is 28.9 Å². The number of nitro benzene ring substituents is 1. The molecule has 0 radical (unpaired) electrons. The molecule has 0 unspecified atom stereocenters. The highest BCUT2D eigenvalue weighted by Crippen LogP contribution is 2.35. The van der Waals surface area contributed by atoms with Gasteiger partial charge in [-0.25, -0.2) is 0 Å². The summed E-state index contributed by atoms with van der Waals surface area (Å²) in [7, 11) is 1.40. The van der Waals surface area contributed by atoms with E-state index in [1.54, 1.807) is 19.1 Å². The zero-order chi connectivity index (χ0) is 23.6. The molecule has 0 N–H and O–H groups in total. The largest absolute Gasteiger partial charge is 0.496 e. The van der Waals surface area contributed by atoms with Crippen LogP contribution in [0.3, 0.4) is 0 Å². The Morgan fingerprint density at radius 2 is 1.97 bits per heavy atom. The Bertz CT molecular complexity index is 1210. The summed E-state index contributed by atoms with van der Waals surface area (Å²) in [5.41, 5.74) is 0.776. The highest BCUT2D eigenvalue weighted by molar-refractivity contribution is 6.19. The molecule has 9 heteroatoms. The molecule has 0 atom stereocenters. The van der Waals surface area contributed by atoms with Crippen LogP contribution in [0.15, 0.2) is 51.5 Å². The number of nitro groups is 1. The van der Waals surface area contributed by atoms with Crippen LogP contribution in [0.1, 0.15) is 26.5 Å². The molecular weight excluding hydrogens is 414 g/mol. The van der Waals surface area contributed by atoms with Gasteiger partial charge in [0.25, 0.3) is 17.5 Å². The van der Waals surface area contributed by atoms with Crippen molar-refractivity contribution in [1.82, 2.24) is 4.90 Å². The van der Waals surface area contributed by atoms with Crippen LogP contribution in [0, 0.1) is 27.4 Å². The Labute approximate surface area is 184 Å². The van der Waals surface area contributed by atoms with E-state index in [1.807, 2.05) is 19.9 Å². The normalized spacial score (nSPS) is 15.5. The van der Waals surface area contributed by atoms with Crippen LogP contribution >= 0.6 is 0 Å². The van der Waals surface area contributed by atoms with Crippen molar-refractivity contribution in [3.63, 3.8) is 0 Å². The van der Waals surface area contributed by atoms with Gasteiger partial charge in [-0.2, -0.15) is 5.26 Å². The minimum Gasteiger partial charge on any atom is -0.496 e. The van der Waals surface area contributed by atoms with Crippen molar-refractivity contribution in [3.8, 4) is 23.1 Å². The van der Waals surface area contributed by atoms with Crippen LogP contribution in [0.5, 0.6) is 5.75 Å². The van der Waals surface area contributed by atoms with Gasteiger partial charge < -0.3 is 9.15 Å². The summed E-state index contributed by atoms with van der Waals surface area (Å²) in [5.74, 6) is -0.101. The molecular formula is C23H21N3O6. The fourth-order valence-electron chi connectivity index (χ4n) is 3.38. The number of carbonyl (C=O) groups is 2. The molecule has 2 heterocycles. The number of benzene rings is 1. The molecule has 2 aromatic rings. The van der Waals surface area contributed by atoms with Crippen LogP contribution in [-0.2, 0) is 9.59 Å².